The van der Waals surface area contributed by atoms with Crippen molar-refractivity contribution in [1.82, 2.24) is 9.88 Å². The van der Waals surface area contributed by atoms with Crippen molar-refractivity contribution in [3.63, 3.8) is 0 Å². The van der Waals surface area contributed by atoms with Crippen LogP contribution in [0.15, 0.2) is 213 Å². The zero-order valence-electron chi connectivity index (χ0n) is 37.0. The Bertz CT molecular complexity index is 2950. The maximum Gasteiger partial charge on any atom is 0.161 e. The zero-order chi connectivity index (χ0) is 44.3. The van der Waals surface area contributed by atoms with Crippen LogP contribution in [0, 0.1) is 12.8 Å². The molecule has 318 valence electrons. The quantitative estimate of drug-likeness (QED) is 0.134. The van der Waals surface area contributed by atoms with E-state index < -0.39 is 0 Å². The highest BCUT2D eigenvalue weighted by atomic mass is 15.3. The van der Waals surface area contributed by atoms with Gasteiger partial charge in [0, 0.05) is 51.3 Å². The summed E-state index contributed by atoms with van der Waals surface area (Å²) in [6.07, 6.45) is 14.2. The lowest BCUT2D eigenvalue weighted by Gasteiger charge is -2.30. The number of aryl methyl sites for hydroxylation is 1. The van der Waals surface area contributed by atoms with E-state index in [1.54, 1.807) is 0 Å². The molecule has 1 aliphatic heterocycles. The molecule has 0 radical (unpaired) electrons. The zero-order valence-corrected chi connectivity index (χ0v) is 37.0. The van der Waals surface area contributed by atoms with Crippen molar-refractivity contribution in [1.29, 1.82) is 0 Å². The van der Waals surface area contributed by atoms with Crippen molar-refractivity contribution < 1.29 is 0 Å². The topological polar surface area (TPSA) is 71.7 Å². The average Bonchev–Trinajstić information content (AvgIpc) is 3.69. The van der Waals surface area contributed by atoms with Crippen LogP contribution in [-0.2, 0) is 6.54 Å². The molecular formula is C57H55N7. The maximum atomic E-state index is 4.78. The number of nitrogens with zero attached hydrogens (tertiary/aromatic N) is 6. The molecular weight excluding hydrogens is 783 g/mol. The van der Waals surface area contributed by atoms with Crippen molar-refractivity contribution in [3.8, 4) is 0 Å². The molecule has 0 saturated carbocycles. The number of likely N-dealkylation sites (N-methyl/N-ethyl adjacent to an activating group) is 1. The number of aliphatic imine (C=N–C) groups is 4. The molecule has 64 heavy (non-hydrogen) atoms. The predicted molar refractivity (Wildman–Crippen MR) is 274 cm³/mol. The van der Waals surface area contributed by atoms with E-state index in [0.29, 0.717) is 24.1 Å². The van der Waals surface area contributed by atoms with Crippen molar-refractivity contribution in [2.24, 2.45) is 25.9 Å². The molecule has 2 aliphatic carbocycles. The van der Waals surface area contributed by atoms with Crippen LogP contribution in [0.2, 0.25) is 0 Å². The second-order valence-corrected chi connectivity index (χ2v) is 16.2. The van der Waals surface area contributed by atoms with Gasteiger partial charge in [0.25, 0.3) is 0 Å². The summed E-state index contributed by atoms with van der Waals surface area (Å²) in [6.45, 7) is 13.1. The van der Waals surface area contributed by atoms with E-state index in [1.807, 2.05) is 60.7 Å². The summed E-state index contributed by atoms with van der Waals surface area (Å²) < 4.78 is 0. The fourth-order valence-electron chi connectivity index (χ4n) is 8.37. The minimum atomic E-state index is 0.546. The Morgan fingerprint density at radius 1 is 0.734 bits per heavy atom. The molecule has 7 nitrogen and oxygen atoms in total. The Kier molecular flexibility index (Phi) is 13.8. The molecule has 10 rings (SSSR count). The summed E-state index contributed by atoms with van der Waals surface area (Å²) in [4.78, 5) is 26.0. The van der Waals surface area contributed by atoms with Crippen LogP contribution in [0.25, 0.3) is 27.4 Å². The summed E-state index contributed by atoms with van der Waals surface area (Å²) in [7, 11) is 2.16. The van der Waals surface area contributed by atoms with Crippen LogP contribution in [0.3, 0.4) is 0 Å². The molecule has 1 N–H and O–H groups in total. The third-order valence-electron chi connectivity index (χ3n) is 11.7. The SMILES string of the molecule is C=NC(=NC(=NCc1ccccc1)C1=CCC(C)C=C1)c1ccccc1.C=Nc1ccccc1N1CN(C)C2=C(CCC=C2)c2ccccc21.Cc1cccc2c1[nH]c1ccccc12. The molecule has 0 spiro atoms. The van der Waals surface area contributed by atoms with Crippen LogP contribution < -0.4 is 4.90 Å². The van der Waals surface area contributed by atoms with Gasteiger partial charge in [0.2, 0.25) is 0 Å². The van der Waals surface area contributed by atoms with Gasteiger partial charge >= 0.3 is 0 Å². The number of aromatic amines is 1. The second-order valence-electron chi connectivity index (χ2n) is 16.2. The summed E-state index contributed by atoms with van der Waals surface area (Å²) in [5, 5.41) is 2.63. The fourth-order valence-corrected chi connectivity index (χ4v) is 8.37. The number of fused-ring (bicyclic) bond motifs is 5. The van der Waals surface area contributed by atoms with Crippen LogP contribution in [-0.4, -0.2) is 48.7 Å². The van der Waals surface area contributed by atoms with Gasteiger partial charge in [-0.25, -0.2) is 9.98 Å². The lowest BCUT2D eigenvalue weighted by molar-refractivity contribution is 0.442. The first kappa shape index (κ1) is 43.0. The Labute approximate surface area is 377 Å². The average molecular weight is 838 g/mol. The maximum absolute atomic E-state index is 4.78. The number of rotatable bonds is 6. The lowest BCUT2D eigenvalue weighted by Crippen LogP contribution is -2.30. The summed E-state index contributed by atoms with van der Waals surface area (Å²) in [5.74, 6) is 1.83. The molecule has 0 amide bonds. The van der Waals surface area contributed by atoms with Gasteiger partial charge in [-0.15, -0.1) is 0 Å². The standard InChI is InChI=1S/C23H23N3.C21H21N3.C13H11N/c1-18-13-15-21(16-14-18)23(25-17-19-9-5-3-6-10-19)26-22(24-2)20-11-7-4-8-12-20;1-22-18-11-5-8-14-21(18)24-15-23(2)19-12-6-3-9-16(19)17-10-4-7-13-20(17)24;1-9-5-4-7-11-10-6-2-3-8-12(10)14-13(9)11/h3-13,15-16,18H,2,14,17H2,1H3;4-8,10-14H,1,3,9,15H2,2H3;2-8,14H,1H3. The highest BCUT2D eigenvalue weighted by molar-refractivity contribution is 6.13. The number of anilines is 2. The number of para-hydroxylation sites is 5. The van der Waals surface area contributed by atoms with E-state index in [4.69, 9.17) is 9.98 Å². The predicted octanol–water partition coefficient (Wildman–Crippen LogP) is 14.0. The molecule has 7 heteroatoms. The number of allylic oxidation sites excluding steroid dienone is 5. The number of amidine groups is 2. The van der Waals surface area contributed by atoms with Gasteiger partial charge in [0.05, 0.1) is 30.3 Å². The first-order valence-corrected chi connectivity index (χ1v) is 22.0. The molecule has 3 aliphatic rings. The summed E-state index contributed by atoms with van der Waals surface area (Å²) in [6, 6.07) is 51.8. The Morgan fingerprint density at radius 2 is 1.44 bits per heavy atom. The first-order valence-electron chi connectivity index (χ1n) is 22.0. The van der Waals surface area contributed by atoms with E-state index >= 15 is 0 Å². The monoisotopic (exact) mass is 837 g/mol. The number of H-pyrrole nitrogens is 1. The molecule has 2 heterocycles. The summed E-state index contributed by atoms with van der Waals surface area (Å²) >= 11 is 0. The molecule has 6 aromatic carbocycles. The number of nitrogens with one attached hydrogen (secondary N) is 1. The number of benzene rings is 6. The van der Waals surface area contributed by atoms with Gasteiger partial charge in [-0.2, -0.15) is 0 Å². The Hall–Kier alpha value is -7.64. The van der Waals surface area contributed by atoms with E-state index in [-0.39, 0.29) is 0 Å². The highest BCUT2D eigenvalue weighted by Gasteiger charge is 2.26. The van der Waals surface area contributed by atoms with Crippen molar-refractivity contribution in [3.05, 3.63) is 216 Å². The molecule has 7 aromatic rings. The molecule has 0 fully saturated rings. The van der Waals surface area contributed by atoms with E-state index in [2.05, 4.69) is 180 Å². The van der Waals surface area contributed by atoms with Crippen LogP contribution in [0.1, 0.15) is 48.4 Å². The third kappa shape index (κ3) is 9.85. The largest absolute Gasteiger partial charge is 0.356 e. The minimum Gasteiger partial charge on any atom is -0.356 e. The van der Waals surface area contributed by atoms with Gasteiger partial charge < -0.3 is 14.8 Å². The number of hydrogen-bond donors (Lipinski definition) is 1. The van der Waals surface area contributed by atoms with Crippen LogP contribution in [0.4, 0.5) is 17.1 Å². The van der Waals surface area contributed by atoms with Crippen molar-refractivity contribution in [2.75, 3.05) is 18.6 Å². The summed E-state index contributed by atoms with van der Waals surface area (Å²) in [5.41, 5.74) is 14.2. The smallest absolute Gasteiger partial charge is 0.161 e. The van der Waals surface area contributed by atoms with E-state index in [1.165, 1.54) is 49.9 Å². The Balaban J connectivity index is 0.000000137. The van der Waals surface area contributed by atoms with Gasteiger partial charge in [0.15, 0.2) is 11.7 Å². The van der Waals surface area contributed by atoms with Crippen LogP contribution >= 0.6 is 0 Å². The van der Waals surface area contributed by atoms with Crippen molar-refractivity contribution in [2.45, 2.75) is 39.7 Å². The number of aromatic nitrogens is 1. The first-order chi connectivity index (χ1) is 31.4. The van der Waals surface area contributed by atoms with Gasteiger partial charge in [-0.05, 0) is 92.6 Å². The fraction of sp³-hybridized carbons (Fsp3) is 0.158. The second kappa shape index (κ2) is 20.5. The van der Waals surface area contributed by atoms with Gasteiger partial charge in [0.1, 0.15) is 0 Å². The van der Waals surface area contributed by atoms with Crippen LogP contribution in [0.5, 0.6) is 0 Å². The lowest BCUT2D eigenvalue weighted by atomic mass is 9.93. The normalized spacial score (nSPS) is 15.9. The molecule has 1 aromatic heterocycles. The molecule has 0 bridgehead atoms. The van der Waals surface area contributed by atoms with Crippen molar-refractivity contribution >= 4 is 69.5 Å². The van der Waals surface area contributed by atoms with E-state index in [9.17, 15) is 0 Å². The molecule has 1 unspecified atom stereocenters. The molecule has 0 saturated heterocycles. The van der Waals surface area contributed by atoms with Gasteiger partial charge in [-0.3, -0.25) is 9.98 Å². The van der Waals surface area contributed by atoms with Gasteiger partial charge in [-0.1, -0.05) is 159 Å². The highest BCUT2D eigenvalue weighted by Crippen LogP contribution is 2.43. The number of hydrogen-bond acceptors (Lipinski definition) is 4. The van der Waals surface area contributed by atoms with E-state index in [0.717, 1.165) is 54.0 Å². The minimum absolute atomic E-state index is 0.546. The molecule has 1 atom stereocenters. The third-order valence-corrected chi connectivity index (χ3v) is 11.7. The Morgan fingerprint density at radius 3 is 2.20 bits per heavy atom.